The van der Waals surface area contributed by atoms with Gasteiger partial charge in [-0.3, -0.25) is 4.79 Å². The number of thiazole rings is 1. The first-order chi connectivity index (χ1) is 7.18. The standard InChI is InChI=1S/C11H11NOS2/c1-7(2)10(13)11-12-9(6-15-11)8-3-4-14-5-8/h3-7H,1-2H3. The van der Waals surface area contributed by atoms with E-state index in [9.17, 15) is 4.79 Å². The number of ketones is 1. The SMILES string of the molecule is CC(C)C(=O)c1nc(-c2ccsc2)cs1. The topological polar surface area (TPSA) is 30.0 Å². The molecule has 0 unspecified atom stereocenters. The molecule has 2 rings (SSSR count). The fraction of sp³-hybridized carbons (Fsp3) is 0.273. The van der Waals surface area contributed by atoms with Crippen LogP contribution in [0.5, 0.6) is 0 Å². The van der Waals surface area contributed by atoms with Crippen molar-refractivity contribution in [1.82, 2.24) is 4.98 Å². The van der Waals surface area contributed by atoms with Gasteiger partial charge in [0.15, 0.2) is 10.8 Å². The van der Waals surface area contributed by atoms with Crippen LogP contribution in [0, 0.1) is 5.92 Å². The molecule has 0 aliphatic carbocycles. The Bertz CT molecular complexity index is 457. The maximum Gasteiger partial charge on any atom is 0.193 e. The minimum absolute atomic E-state index is 0.0199. The molecule has 0 bridgehead atoms. The van der Waals surface area contributed by atoms with Crippen LogP contribution in [0.15, 0.2) is 22.2 Å². The van der Waals surface area contributed by atoms with Gasteiger partial charge in [0, 0.05) is 22.2 Å². The number of rotatable bonds is 3. The van der Waals surface area contributed by atoms with Crippen LogP contribution in [0.3, 0.4) is 0 Å². The minimum Gasteiger partial charge on any atom is -0.291 e. The number of hydrogen-bond donors (Lipinski definition) is 0. The molecule has 0 saturated carbocycles. The highest BCUT2D eigenvalue weighted by Gasteiger charge is 2.15. The van der Waals surface area contributed by atoms with E-state index in [4.69, 9.17) is 0 Å². The van der Waals surface area contributed by atoms with Crippen LogP contribution >= 0.6 is 22.7 Å². The highest BCUT2D eigenvalue weighted by atomic mass is 32.1. The maximum atomic E-state index is 11.7. The predicted octanol–water partition coefficient (Wildman–Crippen LogP) is 3.71. The van der Waals surface area contributed by atoms with E-state index in [0.717, 1.165) is 11.3 Å². The second-order valence-corrected chi connectivity index (χ2v) is 5.21. The molecular formula is C11H11NOS2. The normalized spacial score (nSPS) is 10.9. The molecule has 0 aromatic carbocycles. The molecule has 4 heteroatoms. The van der Waals surface area contributed by atoms with Gasteiger partial charge in [-0.25, -0.2) is 4.98 Å². The largest absolute Gasteiger partial charge is 0.291 e. The van der Waals surface area contributed by atoms with Gasteiger partial charge in [-0.1, -0.05) is 13.8 Å². The minimum atomic E-state index is 0.0199. The van der Waals surface area contributed by atoms with Gasteiger partial charge in [0.1, 0.15) is 0 Å². The van der Waals surface area contributed by atoms with E-state index >= 15 is 0 Å². The lowest BCUT2D eigenvalue weighted by Gasteiger charge is -1.97. The summed E-state index contributed by atoms with van der Waals surface area (Å²) in [6.45, 7) is 3.79. The molecule has 0 atom stereocenters. The number of nitrogens with zero attached hydrogens (tertiary/aromatic N) is 1. The summed E-state index contributed by atoms with van der Waals surface area (Å²) in [6.07, 6.45) is 0. The number of Topliss-reactive ketones (excluding diaryl/α,β-unsaturated/α-hetero) is 1. The molecule has 0 N–H and O–H groups in total. The summed E-state index contributed by atoms with van der Waals surface area (Å²) >= 11 is 3.07. The van der Waals surface area contributed by atoms with Crippen molar-refractivity contribution in [2.75, 3.05) is 0 Å². The average Bonchev–Trinajstić information content (AvgIpc) is 2.86. The third-order valence-electron chi connectivity index (χ3n) is 2.06. The molecule has 0 spiro atoms. The zero-order valence-electron chi connectivity index (χ0n) is 8.56. The van der Waals surface area contributed by atoms with Crippen molar-refractivity contribution in [2.24, 2.45) is 5.92 Å². The number of aromatic nitrogens is 1. The van der Waals surface area contributed by atoms with Crippen molar-refractivity contribution < 1.29 is 4.79 Å². The third kappa shape index (κ3) is 2.16. The Labute approximate surface area is 96.6 Å². The Morgan fingerprint density at radius 3 is 2.80 bits per heavy atom. The fourth-order valence-electron chi connectivity index (χ4n) is 1.18. The van der Waals surface area contributed by atoms with Crippen LogP contribution in [-0.2, 0) is 0 Å². The van der Waals surface area contributed by atoms with Crippen LogP contribution in [0.2, 0.25) is 0 Å². The third-order valence-corrected chi connectivity index (χ3v) is 3.60. The highest BCUT2D eigenvalue weighted by Crippen LogP contribution is 2.25. The molecule has 15 heavy (non-hydrogen) atoms. The smallest absolute Gasteiger partial charge is 0.193 e. The summed E-state index contributed by atoms with van der Waals surface area (Å²) in [7, 11) is 0. The number of thiophene rings is 1. The molecule has 78 valence electrons. The van der Waals surface area contributed by atoms with Crippen LogP contribution in [-0.4, -0.2) is 10.8 Å². The fourth-order valence-corrected chi connectivity index (χ4v) is 2.74. The molecule has 0 fully saturated rings. The molecule has 2 aromatic heterocycles. The Morgan fingerprint density at radius 1 is 1.40 bits per heavy atom. The van der Waals surface area contributed by atoms with Gasteiger partial charge >= 0.3 is 0 Å². The van der Waals surface area contributed by atoms with Gasteiger partial charge in [0.25, 0.3) is 0 Å². The van der Waals surface area contributed by atoms with Crippen molar-refractivity contribution in [3.63, 3.8) is 0 Å². The molecule has 0 saturated heterocycles. The average molecular weight is 237 g/mol. The molecule has 0 amide bonds. The lowest BCUT2D eigenvalue weighted by atomic mass is 10.1. The van der Waals surface area contributed by atoms with Crippen LogP contribution in [0.25, 0.3) is 11.3 Å². The lowest BCUT2D eigenvalue weighted by molar-refractivity contribution is 0.0939. The van der Waals surface area contributed by atoms with Crippen molar-refractivity contribution in [3.05, 3.63) is 27.2 Å². The lowest BCUT2D eigenvalue weighted by Crippen LogP contribution is -2.06. The second-order valence-electron chi connectivity index (χ2n) is 3.57. The van der Waals surface area contributed by atoms with E-state index in [1.54, 1.807) is 11.3 Å². The van der Waals surface area contributed by atoms with Crippen molar-refractivity contribution in [2.45, 2.75) is 13.8 Å². The summed E-state index contributed by atoms with van der Waals surface area (Å²) in [5, 5.41) is 6.61. The first kappa shape index (κ1) is 10.5. The van der Waals surface area contributed by atoms with E-state index in [-0.39, 0.29) is 11.7 Å². The number of hydrogen-bond acceptors (Lipinski definition) is 4. The zero-order chi connectivity index (χ0) is 10.8. The Morgan fingerprint density at radius 2 is 2.20 bits per heavy atom. The number of carbonyl (C=O) groups is 1. The summed E-state index contributed by atoms with van der Waals surface area (Å²) in [5.74, 6) is 0.146. The summed E-state index contributed by atoms with van der Waals surface area (Å²) in [6, 6.07) is 2.02. The molecule has 2 heterocycles. The Kier molecular flexibility index (Phi) is 2.98. The van der Waals surface area contributed by atoms with Crippen molar-refractivity contribution >= 4 is 28.5 Å². The number of carbonyl (C=O) groups excluding carboxylic acids is 1. The molecule has 2 aromatic rings. The van der Waals surface area contributed by atoms with Crippen LogP contribution in [0.1, 0.15) is 23.6 Å². The quantitative estimate of drug-likeness (QED) is 0.762. The summed E-state index contributed by atoms with van der Waals surface area (Å²) in [4.78, 5) is 16.0. The highest BCUT2D eigenvalue weighted by molar-refractivity contribution is 7.12. The van der Waals surface area contributed by atoms with Crippen molar-refractivity contribution in [1.29, 1.82) is 0 Å². The van der Waals surface area contributed by atoms with Gasteiger partial charge in [-0.2, -0.15) is 11.3 Å². The maximum absolute atomic E-state index is 11.7. The van der Waals surface area contributed by atoms with Gasteiger partial charge < -0.3 is 0 Å². The van der Waals surface area contributed by atoms with E-state index < -0.39 is 0 Å². The van der Waals surface area contributed by atoms with Gasteiger partial charge in [-0.15, -0.1) is 11.3 Å². The monoisotopic (exact) mass is 237 g/mol. The molecular weight excluding hydrogens is 226 g/mol. The molecule has 0 aliphatic rings. The first-order valence-electron chi connectivity index (χ1n) is 4.71. The molecule has 0 radical (unpaired) electrons. The Balaban J connectivity index is 2.29. The van der Waals surface area contributed by atoms with Crippen LogP contribution in [0.4, 0.5) is 0 Å². The van der Waals surface area contributed by atoms with E-state index in [1.165, 1.54) is 11.3 Å². The van der Waals surface area contributed by atoms with Crippen molar-refractivity contribution in [3.8, 4) is 11.3 Å². The predicted molar refractivity (Wildman–Crippen MR) is 64.6 cm³/mol. The first-order valence-corrected chi connectivity index (χ1v) is 6.53. The Hall–Kier alpha value is -1.00. The zero-order valence-corrected chi connectivity index (χ0v) is 10.2. The van der Waals surface area contributed by atoms with E-state index in [2.05, 4.69) is 4.98 Å². The molecule has 0 aliphatic heterocycles. The van der Waals surface area contributed by atoms with Crippen LogP contribution < -0.4 is 0 Å². The van der Waals surface area contributed by atoms with E-state index in [0.29, 0.717) is 5.01 Å². The molecule has 2 nitrogen and oxygen atoms in total. The summed E-state index contributed by atoms with van der Waals surface area (Å²) < 4.78 is 0. The van der Waals surface area contributed by atoms with Gasteiger partial charge in [0.2, 0.25) is 0 Å². The summed E-state index contributed by atoms with van der Waals surface area (Å²) in [5.41, 5.74) is 2.00. The van der Waals surface area contributed by atoms with Gasteiger partial charge in [-0.05, 0) is 11.4 Å². The van der Waals surface area contributed by atoms with E-state index in [1.807, 2.05) is 36.1 Å². The second kappa shape index (κ2) is 4.24. The van der Waals surface area contributed by atoms with Gasteiger partial charge in [0.05, 0.1) is 5.69 Å².